The molecule has 0 unspecified atom stereocenters. The lowest BCUT2D eigenvalue weighted by Gasteiger charge is -2.28. The average molecular weight is 777 g/mol. The summed E-state index contributed by atoms with van der Waals surface area (Å²) in [5.74, 6) is 0. The molecule has 0 bridgehead atoms. The molecule has 0 radical (unpaired) electrons. The minimum absolute atomic E-state index is 1.11. The SMILES string of the molecule is Cc1ccc(C=Cc2ccc(N(c3ccc(-c4ccc(N(c5ccc(C=Cc6cccc(C)c6)cc5)c5ccc(C)cc5C)cc4)cc3)c3ccc(C)cc3C)cc2)cc1. The van der Waals surface area contributed by atoms with Crippen LogP contribution in [-0.4, -0.2) is 0 Å². The normalized spacial score (nSPS) is 11.4. The highest BCUT2D eigenvalue weighted by Gasteiger charge is 2.17. The van der Waals surface area contributed by atoms with E-state index in [4.69, 9.17) is 0 Å². The molecule has 0 amide bonds. The molecule has 0 saturated carbocycles. The number of hydrogen-bond donors (Lipinski definition) is 0. The fourth-order valence-corrected chi connectivity index (χ4v) is 7.88. The third kappa shape index (κ3) is 9.25. The highest BCUT2D eigenvalue weighted by atomic mass is 15.1. The van der Waals surface area contributed by atoms with Gasteiger partial charge in [-0.3, -0.25) is 0 Å². The number of anilines is 6. The Morgan fingerprint density at radius 1 is 0.283 bits per heavy atom. The molecule has 0 spiro atoms. The van der Waals surface area contributed by atoms with Gasteiger partial charge in [-0.25, -0.2) is 0 Å². The van der Waals surface area contributed by atoms with Gasteiger partial charge in [0.15, 0.2) is 0 Å². The quantitative estimate of drug-likeness (QED) is 0.121. The van der Waals surface area contributed by atoms with Crippen LogP contribution in [0.5, 0.6) is 0 Å². The summed E-state index contributed by atoms with van der Waals surface area (Å²) < 4.78 is 0. The van der Waals surface area contributed by atoms with Crippen molar-refractivity contribution in [3.05, 3.63) is 238 Å². The van der Waals surface area contributed by atoms with Crippen molar-refractivity contribution in [3.63, 3.8) is 0 Å². The summed E-state index contributed by atoms with van der Waals surface area (Å²) in [6.07, 6.45) is 8.72. The zero-order chi connectivity index (χ0) is 41.6. The van der Waals surface area contributed by atoms with Crippen LogP contribution >= 0.6 is 0 Å². The second-order valence-electron chi connectivity index (χ2n) is 16.0. The minimum atomic E-state index is 1.11. The molecule has 294 valence electrons. The third-order valence-corrected chi connectivity index (χ3v) is 11.1. The number of rotatable bonds is 11. The summed E-state index contributed by atoms with van der Waals surface area (Å²) in [5, 5.41) is 0. The van der Waals surface area contributed by atoms with E-state index in [1.54, 1.807) is 0 Å². The van der Waals surface area contributed by atoms with Crippen LogP contribution in [0.2, 0.25) is 0 Å². The lowest BCUT2D eigenvalue weighted by molar-refractivity contribution is 1.23. The molecule has 0 heterocycles. The van der Waals surface area contributed by atoms with Crippen LogP contribution in [-0.2, 0) is 0 Å². The van der Waals surface area contributed by atoms with E-state index in [2.05, 4.69) is 258 Å². The summed E-state index contributed by atoms with van der Waals surface area (Å²) >= 11 is 0. The second kappa shape index (κ2) is 17.8. The molecule has 0 saturated heterocycles. The average Bonchev–Trinajstić information content (AvgIpc) is 3.26. The smallest absolute Gasteiger partial charge is 0.0490 e. The van der Waals surface area contributed by atoms with Gasteiger partial charge in [0, 0.05) is 34.1 Å². The highest BCUT2D eigenvalue weighted by Crippen LogP contribution is 2.40. The van der Waals surface area contributed by atoms with Gasteiger partial charge in [0.25, 0.3) is 0 Å². The van der Waals surface area contributed by atoms with Crippen molar-refractivity contribution in [2.45, 2.75) is 41.5 Å². The summed E-state index contributed by atoms with van der Waals surface area (Å²) in [6, 6.07) is 66.2. The summed E-state index contributed by atoms with van der Waals surface area (Å²) in [4.78, 5) is 4.72. The minimum Gasteiger partial charge on any atom is -0.310 e. The molecule has 0 aliphatic heterocycles. The molecular weight excluding hydrogens is 725 g/mol. The van der Waals surface area contributed by atoms with Gasteiger partial charge in [-0.2, -0.15) is 0 Å². The fraction of sp³-hybridized carbons (Fsp3) is 0.103. The molecule has 8 rings (SSSR count). The summed E-state index contributed by atoms with van der Waals surface area (Å²) in [6.45, 7) is 12.9. The maximum Gasteiger partial charge on any atom is 0.0490 e. The lowest BCUT2D eigenvalue weighted by Crippen LogP contribution is -2.11. The van der Waals surface area contributed by atoms with Gasteiger partial charge in [0.2, 0.25) is 0 Å². The molecule has 0 aliphatic rings. The molecule has 2 nitrogen and oxygen atoms in total. The zero-order valence-corrected chi connectivity index (χ0v) is 35.5. The Balaban J connectivity index is 1.07. The van der Waals surface area contributed by atoms with E-state index in [0.717, 1.165) is 28.3 Å². The number of aryl methyl sites for hydroxylation is 6. The first-order chi connectivity index (χ1) is 29.2. The zero-order valence-electron chi connectivity index (χ0n) is 35.5. The predicted molar refractivity (Wildman–Crippen MR) is 260 cm³/mol. The van der Waals surface area contributed by atoms with Crippen LogP contribution in [0.25, 0.3) is 35.4 Å². The molecule has 0 fully saturated rings. The van der Waals surface area contributed by atoms with Crippen molar-refractivity contribution in [1.29, 1.82) is 0 Å². The van der Waals surface area contributed by atoms with E-state index < -0.39 is 0 Å². The number of benzene rings is 8. The first kappa shape index (κ1) is 39.7. The Morgan fingerprint density at radius 2 is 0.617 bits per heavy atom. The molecule has 0 atom stereocenters. The molecule has 0 N–H and O–H groups in total. The maximum absolute atomic E-state index is 2.36. The first-order valence-corrected chi connectivity index (χ1v) is 20.8. The van der Waals surface area contributed by atoms with E-state index >= 15 is 0 Å². The number of nitrogens with zero attached hydrogens (tertiary/aromatic N) is 2. The Labute approximate surface area is 357 Å². The van der Waals surface area contributed by atoms with Crippen molar-refractivity contribution in [2.24, 2.45) is 0 Å². The Morgan fingerprint density at radius 3 is 1.00 bits per heavy atom. The van der Waals surface area contributed by atoms with Crippen molar-refractivity contribution in [3.8, 4) is 11.1 Å². The lowest BCUT2D eigenvalue weighted by atomic mass is 10.0. The van der Waals surface area contributed by atoms with E-state index in [-0.39, 0.29) is 0 Å². The van der Waals surface area contributed by atoms with Crippen molar-refractivity contribution in [1.82, 2.24) is 0 Å². The van der Waals surface area contributed by atoms with Gasteiger partial charge < -0.3 is 9.80 Å². The molecule has 60 heavy (non-hydrogen) atoms. The highest BCUT2D eigenvalue weighted by molar-refractivity contribution is 5.83. The second-order valence-corrected chi connectivity index (χ2v) is 16.0. The topological polar surface area (TPSA) is 6.48 Å². The van der Waals surface area contributed by atoms with Gasteiger partial charge in [-0.05, 0) is 147 Å². The molecule has 2 heteroatoms. The Hall–Kier alpha value is -7.16. The molecular formula is C58H52N2. The molecule has 0 aliphatic carbocycles. The molecule has 0 aromatic heterocycles. The largest absolute Gasteiger partial charge is 0.310 e. The Kier molecular flexibility index (Phi) is 11.7. The van der Waals surface area contributed by atoms with Crippen LogP contribution < -0.4 is 9.80 Å². The van der Waals surface area contributed by atoms with Crippen LogP contribution in [0.15, 0.2) is 182 Å². The van der Waals surface area contributed by atoms with Crippen LogP contribution in [0.1, 0.15) is 55.6 Å². The van der Waals surface area contributed by atoms with E-state index in [1.165, 1.54) is 72.6 Å². The summed E-state index contributed by atoms with van der Waals surface area (Å²) in [7, 11) is 0. The van der Waals surface area contributed by atoms with Crippen molar-refractivity contribution >= 4 is 58.4 Å². The van der Waals surface area contributed by atoms with Crippen LogP contribution in [0.4, 0.5) is 34.1 Å². The van der Waals surface area contributed by atoms with Crippen molar-refractivity contribution in [2.75, 3.05) is 9.80 Å². The first-order valence-electron chi connectivity index (χ1n) is 20.8. The van der Waals surface area contributed by atoms with Gasteiger partial charge >= 0.3 is 0 Å². The van der Waals surface area contributed by atoms with Gasteiger partial charge in [0.05, 0.1) is 0 Å². The van der Waals surface area contributed by atoms with Gasteiger partial charge in [0.1, 0.15) is 0 Å². The van der Waals surface area contributed by atoms with Gasteiger partial charge in [-0.1, -0.05) is 168 Å². The predicted octanol–water partition coefficient (Wildman–Crippen LogP) is 16.5. The fourth-order valence-electron chi connectivity index (χ4n) is 7.88. The Bertz CT molecular complexity index is 2770. The number of hydrogen-bond acceptors (Lipinski definition) is 2. The van der Waals surface area contributed by atoms with E-state index in [9.17, 15) is 0 Å². The van der Waals surface area contributed by atoms with E-state index in [0.29, 0.717) is 0 Å². The van der Waals surface area contributed by atoms with Crippen LogP contribution in [0, 0.1) is 41.5 Å². The standard InChI is InChI=1S/C58H52N2/c1-41-10-14-47(15-11-41)16-17-48-20-28-53(29-21-48)59(57-36-12-43(3)38-45(57)5)55-32-24-51(25-33-55)52-26-34-56(35-27-52)60(58-37-13-44(4)39-46(58)6)54-30-22-49(23-31-54)18-19-50-9-7-8-42(2)40-50/h7-40H,1-6H3. The molecule has 8 aromatic rings. The monoisotopic (exact) mass is 776 g/mol. The molecule has 8 aromatic carbocycles. The van der Waals surface area contributed by atoms with E-state index in [1.807, 2.05) is 0 Å². The van der Waals surface area contributed by atoms with Gasteiger partial charge in [-0.15, -0.1) is 0 Å². The van der Waals surface area contributed by atoms with Crippen LogP contribution in [0.3, 0.4) is 0 Å². The summed E-state index contributed by atoms with van der Waals surface area (Å²) in [5.41, 5.74) is 21.4. The van der Waals surface area contributed by atoms with Crippen molar-refractivity contribution < 1.29 is 0 Å². The third-order valence-electron chi connectivity index (χ3n) is 11.1. The maximum atomic E-state index is 2.36.